The molecule has 2 aromatic carbocycles. The maximum absolute atomic E-state index is 12.4. The number of amides is 3. The van der Waals surface area contributed by atoms with E-state index in [9.17, 15) is 9.59 Å². The Morgan fingerprint density at radius 3 is 2.23 bits per heavy atom. The van der Waals surface area contributed by atoms with Gasteiger partial charge < -0.3 is 20.6 Å². The van der Waals surface area contributed by atoms with Gasteiger partial charge in [0.1, 0.15) is 0 Å². The van der Waals surface area contributed by atoms with Crippen LogP contribution < -0.4 is 10.6 Å². The lowest BCUT2D eigenvalue weighted by Gasteiger charge is -2.17. The molecule has 3 N–H and O–H groups in total. The summed E-state index contributed by atoms with van der Waals surface area (Å²) in [4.78, 5) is 26.3. The van der Waals surface area contributed by atoms with Crippen LogP contribution in [0.1, 0.15) is 34.8 Å². The van der Waals surface area contributed by atoms with E-state index in [1.54, 1.807) is 29.2 Å². The lowest BCUT2D eigenvalue weighted by molar-refractivity contribution is 0.0915. The number of aliphatic hydroxyl groups is 1. The highest BCUT2D eigenvalue weighted by atomic mass is 16.3. The van der Waals surface area contributed by atoms with Crippen LogP contribution in [0.3, 0.4) is 0 Å². The zero-order valence-corrected chi connectivity index (χ0v) is 14.7. The number of benzene rings is 2. The van der Waals surface area contributed by atoms with Crippen LogP contribution in [0.25, 0.3) is 0 Å². The van der Waals surface area contributed by atoms with Crippen LogP contribution in [0.5, 0.6) is 0 Å². The third-order valence-electron chi connectivity index (χ3n) is 4.57. The normalized spacial score (nSPS) is 13.8. The topological polar surface area (TPSA) is 81.7 Å². The van der Waals surface area contributed by atoms with E-state index in [0.717, 1.165) is 0 Å². The Morgan fingerprint density at radius 2 is 1.69 bits per heavy atom. The summed E-state index contributed by atoms with van der Waals surface area (Å²) in [7, 11) is 0. The summed E-state index contributed by atoms with van der Waals surface area (Å²) in [6.45, 7) is 3.01. The van der Waals surface area contributed by atoms with Gasteiger partial charge in [0.15, 0.2) is 0 Å². The number of urea groups is 1. The summed E-state index contributed by atoms with van der Waals surface area (Å²) < 4.78 is 0. The van der Waals surface area contributed by atoms with Gasteiger partial charge in [-0.15, -0.1) is 0 Å². The summed E-state index contributed by atoms with van der Waals surface area (Å²) in [5.74, 6) is -0.237. The molecule has 0 unspecified atom stereocenters. The minimum absolute atomic E-state index is 0.0887. The summed E-state index contributed by atoms with van der Waals surface area (Å²) >= 11 is 0. The lowest BCUT2D eigenvalue weighted by atomic mass is 10.1. The number of hydrogen-bond donors (Lipinski definition) is 3. The molecule has 0 aliphatic carbocycles. The first kappa shape index (κ1) is 17.9. The molecule has 0 aromatic heterocycles. The molecule has 3 amide bonds. The molecule has 0 fully saturated rings. The van der Waals surface area contributed by atoms with Crippen molar-refractivity contribution in [3.8, 4) is 0 Å². The summed E-state index contributed by atoms with van der Waals surface area (Å²) in [5, 5.41) is 14.8. The van der Waals surface area contributed by atoms with Crippen LogP contribution in [-0.2, 0) is 13.1 Å². The van der Waals surface area contributed by atoms with E-state index in [1.807, 2.05) is 31.2 Å². The Labute approximate surface area is 152 Å². The molecular formula is C20H23N3O3. The van der Waals surface area contributed by atoms with E-state index in [1.165, 1.54) is 11.1 Å². The fraction of sp³-hybridized carbons (Fsp3) is 0.300. The minimum atomic E-state index is -0.251. The van der Waals surface area contributed by atoms with Crippen LogP contribution in [0, 0.1) is 0 Å². The predicted molar refractivity (Wildman–Crippen MR) is 99.8 cm³/mol. The highest BCUT2D eigenvalue weighted by molar-refractivity contribution is 5.95. The van der Waals surface area contributed by atoms with Crippen LogP contribution >= 0.6 is 0 Å². The van der Waals surface area contributed by atoms with Crippen molar-refractivity contribution in [1.29, 1.82) is 0 Å². The minimum Gasteiger partial charge on any atom is -0.394 e. The van der Waals surface area contributed by atoms with Gasteiger partial charge in [0.2, 0.25) is 0 Å². The van der Waals surface area contributed by atoms with E-state index < -0.39 is 0 Å². The fourth-order valence-corrected chi connectivity index (χ4v) is 2.93. The Bertz CT molecular complexity index is 760. The monoisotopic (exact) mass is 353 g/mol. The van der Waals surface area contributed by atoms with Crippen molar-refractivity contribution >= 4 is 17.6 Å². The van der Waals surface area contributed by atoms with E-state index in [0.29, 0.717) is 30.8 Å². The van der Waals surface area contributed by atoms with Gasteiger partial charge in [-0.25, -0.2) is 4.79 Å². The molecule has 0 saturated carbocycles. The Kier molecular flexibility index (Phi) is 5.53. The van der Waals surface area contributed by atoms with Crippen molar-refractivity contribution in [2.45, 2.75) is 32.5 Å². The smallest absolute Gasteiger partial charge is 0.322 e. The third-order valence-corrected chi connectivity index (χ3v) is 4.57. The second kappa shape index (κ2) is 8.01. The van der Waals surface area contributed by atoms with Gasteiger partial charge in [0.25, 0.3) is 5.91 Å². The quantitative estimate of drug-likeness (QED) is 0.773. The van der Waals surface area contributed by atoms with Crippen molar-refractivity contribution in [2.24, 2.45) is 0 Å². The molecule has 0 spiro atoms. The zero-order valence-electron chi connectivity index (χ0n) is 14.7. The van der Waals surface area contributed by atoms with Crippen LogP contribution in [0.2, 0.25) is 0 Å². The largest absolute Gasteiger partial charge is 0.394 e. The molecule has 1 aliphatic rings. The molecule has 26 heavy (non-hydrogen) atoms. The first-order valence-electron chi connectivity index (χ1n) is 8.75. The molecule has 1 atom stereocenters. The van der Waals surface area contributed by atoms with Crippen molar-refractivity contribution in [3.63, 3.8) is 0 Å². The zero-order chi connectivity index (χ0) is 18.5. The number of fused-ring (bicyclic) bond motifs is 1. The molecule has 2 aromatic rings. The maximum atomic E-state index is 12.4. The lowest BCUT2D eigenvalue weighted by Crippen LogP contribution is -2.36. The van der Waals surface area contributed by atoms with Gasteiger partial charge in [-0.3, -0.25) is 4.79 Å². The van der Waals surface area contributed by atoms with Gasteiger partial charge in [-0.2, -0.15) is 0 Å². The predicted octanol–water partition coefficient (Wildman–Crippen LogP) is 2.74. The first-order valence-corrected chi connectivity index (χ1v) is 8.75. The number of aliphatic hydroxyl groups excluding tert-OH is 1. The first-order chi connectivity index (χ1) is 12.6. The van der Waals surface area contributed by atoms with Crippen molar-refractivity contribution in [1.82, 2.24) is 10.2 Å². The van der Waals surface area contributed by atoms with Gasteiger partial charge in [-0.05, 0) is 41.8 Å². The van der Waals surface area contributed by atoms with Gasteiger partial charge in [0, 0.05) is 24.3 Å². The van der Waals surface area contributed by atoms with Crippen LogP contribution in [-0.4, -0.2) is 34.6 Å². The van der Waals surface area contributed by atoms with Gasteiger partial charge in [-0.1, -0.05) is 31.2 Å². The number of hydrogen-bond acceptors (Lipinski definition) is 3. The van der Waals surface area contributed by atoms with Crippen LogP contribution in [0.15, 0.2) is 48.5 Å². The van der Waals surface area contributed by atoms with Crippen molar-refractivity contribution in [3.05, 3.63) is 65.2 Å². The maximum Gasteiger partial charge on any atom is 0.322 e. The highest BCUT2D eigenvalue weighted by Crippen LogP contribution is 2.23. The summed E-state index contributed by atoms with van der Waals surface area (Å²) in [6, 6.07) is 14.3. The van der Waals surface area contributed by atoms with E-state index in [-0.39, 0.29) is 24.6 Å². The van der Waals surface area contributed by atoms with E-state index in [4.69, 9.17) is 5.11 Å². The average Bonchev–Trinajstić information content (AvgIpc) is 3.11. The number of nitrogens with one attached hydrogen (secondary N) is 2. The Hall–Kier alpha value is -2.86. The molecule has 1 heterocycles. The van der Waals surface area contributed by atoms with Crippen molar-refractivity contribution in [2.75, 3.05) is 11.9 Å². The Balaban J connectivity index is 1.58. The summed E-state index contributed by atoms with van der Waals surface area (Å²) in [5.41, 5.74) is 3.47. The number of carbonyl (C=O) groups is 2. The molecule has 0 saturated heterocycles. The third kappa shape index (κ3) is 4.03. The Morgan fingerprint density at radius 1 is 1.08 bits per heavy atom. The molecule has 6 heteroatoms. The number of nitrogens with zero attached hydrogens (tertiary/aromatic N) is 1. The standard InChI is InChI=1S/C20H23N3O3/c1-2-17(13-24)21-19(25)14-7-9-18(10-8-14)22-20(26)23-11-15-5-3-4-6-16(15)12-23/h3-10,17,24H,2,11-13H2,1H3,(H,21,25)(H,22,26)/t17-/m1/s1. The van der Waals surface area contributed by atoms with Crippen molar-refractivity contribution < 1.29 is 14.7 Å². The molecule has 0 radical (unpaired) electrons. The summed E-state index contributed by atoms with van der Waals surface area (Å²) in [6.07, 6.45) is 0.661. The molecule has 0 bridgehead atoms. The van der Waals surface area contributed by atoms with Gasteiger partial charge in [0.05, 0.1) is 12.6 Å². The van der Waals surface area contributed by atoms with Gasteiger partial charge >= 0.3 is 6.03 Å². The number of rotatable bonds is 5. The molecule has 1 aliphatic heterocycles. The number of carbonyl (C=O) groups excluding carboxylic acids is 2. The molecule has 3 rings (SSSR count). The molecule has 136 valence electrons. The average molecular weight is 353 g/mol. The second-order valence-corrected chi connectivity index (χ2v) is 6.39. The van der Waals surface area contributed by atoms with Crippen LogP contribution in [0.4, 0.5) is 10.5 Å². The van der Waals surface area contributed by atoms with E-state index >= 15 is 0 Å². The molecule has 6 nitrogen and oxygen atoms in total. The number of anilines is 1. The SMILES string of the molecule is CC[C@H](CO)NC(=O)c1ccc(NC(=O)N2Cc3ccccc3C2)cc1. The highest BCUT2D eigenvalue weighted by Gasteiger charge is 2.22. The molecular weight excluding hydrogens is 330 g/mol. The fourth-order valence-electron chi connectivity index (χ4n) is 2.93. The second-order valence-electron chi connectivity index (χ2n) is 6.39. The van der Waals surface area contributed by atoms with E-state index in [2.05, 4.69) is 10.6 Å².